The first-order valence-corrected chi connectivity index (χ1v) is 6.14. The lowest BCUT2D eigenvalue weighted by atomic mass is 10.1. The van der Waals surface area contributed by atoms with Crippen molar-refractivity contribution in [1.82, 2.24) is 0 Å². The Balaban J connectivity index is 2.18. The topological polar surface area (TPSA) is 52.6 Å². The van der Waals surface area contributed by atoms with E-state index in [0.29, 0.717) is 11.5 Å². The number of methoxy groups -OCH3 is 1. The molecular formula is C15H14O4. The second kappa shape index (κ2) is 4.16. The van der Waals surface area contributed by atoms with Gasteiger partial charge in [0.05, 0.1) is 7.11 Å². The summed E-state index contributed by atoms with van der Waals surface area (Å²) in [6.45, 7) is 4.16. The summed E-state index contributed by atoms with van der Waals surface area (Å²) < 4.78 is 15.9. The molecule has 0 amide bonds. The molecule has 0 radical (unpaired) electrons. The third-order valence-electron chi connectivity index (χ3n) is 3.13. The number of carbonyl (C=O) groups excluding carboxylic acids is 1. The molecule has 0 aliphatic heterocycles. The summed E-state index contributed by atoms with van der Waals surface area (Å²) in [5, 5.41) is 1.87. The van der Waals surface area contributed by atoms with Crippen LogP contribution in [0.25, 0.3) is 21.9 Å². The van der Waals surface area contributed by atoms with Crippen LogP contribution in [0.15, 0.2) is 33.1 Å². The maximum Gasteiger partial charge on any atom is 0.373 e. The maximum absolute atomic E-state index is 11.4. The van der Waals surface area contributed by atoms with Crippen molar-refractivity contribution in [3.8, 4) is 0 Å². The van der Waals surface area contributed by atoms with Crippen molar-refractivity contribution >= 4 is 27.9 Å². The molecule has 3 aromatic rings. The molecule has 0 aliphatic carbocycles. The van der Waals surface area contributed by atoms with Crippen LogP contribution < -0.4 is 0 Å². The molecule has 3 rings (SSSR count). The minimum absolute atomic E-state index is 0.203. The lowest BCUT2D eigenvalue weighted by Crippen LogP contribution is -1.97. The molecule has 0 aliphatic rings. The Labute approximate surface area is 109 Å². The second-order valence-electron chi connectivity index (χ2n) is 4.83. The minimum atomic E-state index is -0.476. The van der Waals surface area contributed by atoms with Crippen LogP contribution in [0.3, 0.4) is 0 Å². The van der Waals surface area contributed by atoms with Crippen LogP contribution in [0, 0.1) is 0 Å². The van der Waals surface area contributed by atoms with Crippen LogP contribution >= 0.6 is 0 Å². The zero-order valence-corrected chi connectivity index (χ0v) is 11.0. The van der Waals surface area contributed by atoms with Gasteiger partial charge in [-0.15, -0.1) is 0 Å². The van der Waals surface area contributed by atoms with E-state index >= 15 is 0 Å². The number of esters is 1. The van der Waals surface area contributed by atoms with E-state index in [1.807, 2.05) is 18.2 Å². The van der Waals surface area contributed by atoms with E-state index in [2.05, 4.69) is 18.6 Å². The number of rotatable bonds is 2. The molecule has 0 fully saturated rings. The van der Waals surface area contributed by atoms with Crippen LogP contribution in [-0.2, 0) is 4.74 Å². The predicted octanol–water partition coefficient (Wildman–Crippen LogP) is 4.09. The molecule has 2 aromatic heterocycles. The molecule has 19 heavy (non-hydrogen) atoms. The first-order valence-electron chi connectivity index (χ1n) is 6.14. The highest BCUT2D eigenvalue weighted by Crippen LogP contribution is 2.30. The second-order valence-corrected chi connectivity index (χ2v) is 4.83. The number of ether oxygens (including phenoxy) is 1. The number of hydrogen-bond acceptors (Lipinski definition) is 4. The molecular weight excluding hydrogens is 244 g/mol. The van der Waals surface area contributed by atoms with E-state index in [1.165, 1.54) is 7.11 Å². The number of fused-ring (bicyclic) bond motifs is 2. The van der Waals surface area contributed by atoms with Crippen molar-refractivity contribution in [2.75, 3.05) is 7.11 Å². The molecule has 0 atom stereocenters. The quantitative estimate of drug-likeness (QED) is 0.649. The first kappa shape index (κ1) is 11.8. The monoisotopic (exact) mass is 258 g/mol. The summed E-state index contributed by atoms with van der Waals surface area (Å²) in [4.78, 5) is 11.4. The van der Waals surface area contributed by atoms with Gasteiger partial charge in [0.25, 0.3) is 0 Å². The molecule has 4 nitrogen and oxygen atoms in total. The van der Waals surface area contributed by atoms with Gasteiger partial charge in [0.1, 0.15) is 16.9 Å². The van der Waals surface area contributed by atoms with Crippen molar-refractivity contribution in [3.63, 3.8) is 0 Å². The standard InChI is InChI=1S/C15H14O4/c1-8(2)11-5-9-4-10-6-14(15(16)17-3)19-13(10)7-12(9)18-11/h4-8H,1-3H3. The highest BCUT2D eigenvalue weighted by atomic mass is 16.5. The number of furan rings is 2. The molecule has 2 heterocycles. The average molecular weight is 258 g/mol. The van der Waals surface area contributed by atoms with Crippen LogP contribution in [-0.4, -0.2) is 13.1 Å². The fourth-order valence-corrected chi connectivity index (χ4v) is 2.08. The van der Waals surface area contributed by atoms with Crippen LogP contribution in [0.5, 0.6) is 0 Å². The van der Waals surface area contributed by atoms with E-state index in [4.69, 9.17) is 8.83 Å². The Hall–Kier alpha value is -2.23. The Morgan fingerprint density at radius 3 is 2.42 bits per heavy atom. The molecule has 0 bridgehead atoms. The number of benzene rings is 1. The highest BCUT2D eigenvalue weighted by molar-refractivity contribution is 5.98. The fraction of sp³-hybridized carbons (Fsp3) is 0.267. The molecule has 0 spiro atoms. The van der Waals surface area contributed by atoms with Gasteiger partial charge in [-0.05, 0) is 18.2 Å². The maximum atomic E-state index is 11.4. The molecule has 4 heteroatoms. The van der Waals surface area contributed by atoms with Gasteiger partial charge in [-0.25, -0.2) is 4.79 Å². The smallest absolute Gasteiger partial charge is 0.373 e. The van der Waals surface area contributed by atoms with Gasteiger partial charge in [0.15, 0.2) is 0 Å². The molecule has 0 saturated heterocycles. The van der Waals surface area contributed by atoms with E-state index < -0.39 is 5.97 Å². The van der Waals surface area contributed by atoms with Crippen molar-refractivity contribution < 1.29 is 18.4 Å². The molecule has 0 saturated carbocycles. The van der Waals surface area contributed by atoms with Gasteiger partial charge >= 0.3 is 5.97 Å². The lowest BCUT2D eigenvalue weighted by molar-refractivity contribution is 0.0567. The summed E-state index contributed by atoms with van der Waals surface area (Å²) in [7, 11) is 1.33. The highest BCUT2D eigenvalue weighted by Gasteiger charge is 2.15. The van der Waals surface area contributed by atoms with Gasteiger partial charge in [0.2, 0.25) is 5.76 Å². The van der Waals surface area contributed by atoms with Crippen LogP contribution in [0.1, 0.15) is 36.1 Å². The van der Waals surface area contributed by atoms with Gasteiger partial charge < -0.3 is 13.6 Å². The predicted molar refractivity (Wildman–Crippen MR) is 71.4 cm³/mol. The Kier molecular flexibility index (Phi) is 2.59. The van der Waals surface area contributed by atoms with E-state index in [-0.39, 0.29) is 5.76 Å². The van der Waals surface area contributed by atoms with E-state index in [9.17, 15) is 4.79 Å². The Morgan fingerprint density at radius 1 is 1.05 bits per heavy atom. The van der Waals surface area contributed by atoms with Gasteiger partial charge in [-0.3, -0.25) is 0 Å². The number of carbonyl (C=O) groups is 1. The van der Waals surface area contributed by atoms with Gasteiger partial charge in [0, 0.05) is 22.8 Å². The minimum Gasteiger partial charge on any atom is -0.463 e. The molecule has 98 valence electrons. The zero-order chi connectivity index (χ0) is 13.6. The van der Waals surface area contributed by atoms with E-state index in [1.54, 1.807) is 6.07 Å². The van der Waals surface area contributed by atoms with E-state index in [0.717, 1.165) is 22.1 Å². The van der Waals surface area contributed by atoms with Crippen molar-refractivity contribution in [2.45, 2.75) is 19.8 Å². The largest absolute Gasteiger partial charge is 0.463 e. The number of hydrogen-bond donors (Lipinski definition) is 0. The summed E-state index contributed by atoms with van der Waals surface area (Å²) in [5.41, 5.74) is 1.39. The van der Waals surface area contributed by atoms with Gasteiger partial charge in [-0.1, -0.05) is 13.8 Å². The third kappa shape index (κ3) is 1.89. The summed E-state index contributed by atoms with van der Waals surface area (Å²) in [6, 6.07) is 7.46. The van der Waals surface area contributed by atoms with Crippen molar-refractivity contribution in [3.05, 3.63) is 35.8 Å². The zero-order valence-electron chi connectivity index (χ0n) is 11.0. The average Bonchev–Trinajstić information content (AvgIpc) is 2.97. The molecule has 0 N–H and O–H groups in total. The third-order valence-corrected chi connectivity index (χ3v) is 3.13. The Bertz CT molecular complexity index is 710. The molecule has 0 unspecified atom stereocenters. The normalized spacial score (nSPS) is 11.6. The van der Waals surface area contributed by atoms with Crippen LogP contribution in [0.4, 0.5) is 0 Å². The summed E-state index contributed by atoms with van der Waals surface area (Å²) in [6.07, 6.45) is 0. The fourth-order valence-electron chi connectivity index (χ4n) is 2.08. The van der Waals surface area contributed by atoms with Crippen molar-refractivity contribution in [1.29, 1.82) is 0 Å². The Morgan fingerprint density at radius 2 is 1.74 bits per heavy atom. The van der Waals surface area contributed by atoms with Crippen LogP contribution in [0.2, 0.25) is 0 Å². The summed E-state index contributed by atoms with van der Waals surface area (Å²) >= 11 is 0. The van der Waals surface area contributed by atoms with Gasteiger partial charge in [-0.2, -0.15) is 0 Å². The first-order chi connectivity index (χ1) is 9.08. The summed E-state index contributed by atoms with van der Waals surface area (Å²) in [5.74, 6) is 1.00. The van der Waals surface area contributed by atoms with Crippen molar-refractivity contribution in [2.24, 2.45) is 0 Å². The molecule has 1 aromatic carbocycles. The SMILES string of the molecule is COC(=O)c1cc2cc3cc(C(C)C)oc3cc2o1. The lowest BCUT2D eigenvalue weighted by Gasteiger charge is -1.95.